The van der Waals surface area contributed by atoms with Crippen LogP contribution in [0.4, 0.5) is 26.7 Å². The Morgan fingerprint density at radius 2 is 1.85 bits per heavy atom. The van der Waals surface area contributed by atoms with E-state index >= 15 is 0 Å². The lowest BCUT2D eigenvalue weighted by molar-refractivity contribution is -0.128. The van der Waals surface area contributed by atoms with Gasteiger partial charge in [-0.15, -0.1) is 0 Å². The number of nitrogens with one attached hydrogen (secondary N) is 2. The fourth-order valence-electron chi connectivity index (χ4n) is 5.76. The van der Waals surface area contributed by atoms with E-state index in [1.165, 1.54) is 16.7 Å². The van der Waals surface area contributed by atoms with E-state index in [4.69, 9.17) is 0 Å². The molecule has 0 aliphatic carbocycles. The van der Waals surface area contributed by atoms with Gasteiger partial charge in [-0.25, -0.2) is 23.7 Å². The molecule has 1 saturated heterocycles. The predicted octanol–water partition coefficient (Wildman–Crippen LogP) is 4.87. The monoisotopic (exact) mass is 564 g/mol. The minimum Gasteiger partial charge on any atom is -0.329 e. The van der Waals surface area contributed by atoms with Gasteiger partial charge in [0.15, 0.2) is 11.6 Å². The van der Waals surface area contributed by atoms with Crippen LogP contribution in [-0.2, 0) is 13.0 Å². The van der Waals surface area contributed by atoms with Crippen LogP contribution in [0, 0.1) is 18.6 Å². The van der Waals surface area contributed by atoms with Crippen LogP contribution in [-0.4, -0.2) is 49.9 Å². The quantitative estimate of drug-likeness (QED) is 0.443. The fourth-order valence-corrected chi connectivity index (χ4v) is 5.76. The average molecular weight is 565 g/mol. The highest BCUT2D eigenvalue weighted by molar-refractivity contribution is 5.74. The molecule has 2 atom stereocenters. The van der Waals surface area contributed by atoms with E-state index in [0.29, 0.717) is 43.6 Å². The van der Waals surface area contributed by atoms with E-state index < -0.39 is 42.2 Å². The van der Waals surface area contributed by atoms with Crippen LogP contribution in [0.25, 0.3) is 0 Å². The summed E-state index contributed by atoms with van der Waals surface area (Å²) in [5, 5.41) is 9.30. The number of likely N-dealkylation sites (tertiary alicyclic amines) is 1. The molecule has 5 rings (SSSR count). The molecule has 3 aromatic rings. The lowest BCUT2D eigenvalue weighted by Gasteiger charge is -2.33. The molecule has 0 unspecified atom stereocenters. The largest absolute Gasteiger partial charge is 0.394 e. The van der Waals surface area contributed by atoms with Crippen molar-refractivity contribution in [3.63, 3.8) is 0 Å². The molecule has 40 heavy (non-hydrogen) atoms. The number of halogens is 5. The number of carbonyl (C=O) groups is 1. The number of aromatic nitrogens is 4. The Morgan fingerprint density at radius 3 is 2.58 bits per heavy atom. The van der Waals surface area contributed by atoms with Gasteiger partial charge in [0.1, 0.15) is 5.82 Å². The van der Waals surface area contributed by atoms with E-state index in [1.807, 2.05) is 0 Å². The van der Waals surface area contributed by atoms with Gasteiger partial charge in [0.25, 0.3) is 5.56 Å². The minimum atomic E-state index is -4.50. The SMILES string of the molecule is Cc1cc(C2CCN(C(=O)N[C@@H]3CC[C@@H](c4cccc(F)c4F)Cn4c(CC(F)(F)F)cnc43)CC2)c(=O)[nH]n1. The molecular weight excluding hydrogens is 535 g/mol. The Kier molecular flexibility index (Phi) is 7.65. The molecule has 1 aromatic carbocycles. The maximum atomic E-state index is 14.7. The number of rotatable bonds is 4. The second-order valence-corrected chi connectivity index (χ2v) is 10.5. The molecule has 214 valence electrons. The summed E-state index contributed by atoms with van der Waals surface area (Å²) in [6, 6.07) is 4.42. The number of urea groups is 1. The lowest BCUT2D eigenvalue weighted by atomic mass is 9.90. The van der Waals surface area contributed by atoms with Crippen LogP contribution in [0.15, 0.2) is 35.3 Å². The summed E-state index contributed by atoms with van der Waals surface area (Å²) >= 11 is 0. The number of benzene rings is 1. The maximum Gasteiger partial charge on any atom is 0.394 e. The van der Waals surface area contributed by atoms with Crippen molar-refractivity contribution in [2.45, 2.75) is 69.6 Å². The summed E-state index contributed by atoms with van der Waals surface area (Å²) < 4.78 is 70.0. The number of nitrogens with zero attached hydrogens (tertiary/aromatic N) is 4. The third-order valence-electron chi connectivity index (χ3n) is 7.77. The highest BCUT2D eigenvalue weighted by Gasteiger charge is 2.35. The molecule has 8 nitrogen and oxygen atoms in total. The third kappa shape index (κ3) is 5.87. The number of hydrogen-bond donors (Lipinski definition) is 2. The van der Waals surface area contributed by atoms with E-state index in [9.17, 15) is 31.5 Å². The number of aromatic amines is 1. The van der Waals surface area contributed by atoms with Crippen molar-refractivity contribution in [1.29, 1.82) is 0 Å². The van der Waals surface area contributed by atoms with Crippen molar-refractivity contribution in [3.05, 3.63) is 80.8 Å². The summed E-state index contributed by atoms with van der Waals surface area (Å²) in [6.07, 6.45) is -2.90. The van der Waals surface area contributed by atoms with Crippen LogP contribution in [0.1, 0.15) is 71.9 Å². The molecule has 0 saturated carbocycles. The number of amides is 2. The van der Waals surface area contributed by atoms with Gasteiger partial charge in [0.2, 0.25) is 0 Å². The molecule has 2 aliphatic rings. The van der Waals surface area contributed by atoms with Crippen molar-refractivity contribution in [2.75, 3.05) is 13.1 Å². The number of H-pyrrole nitrogens is 1. The smallest absolute Gasteiger partial charge is 0.329 e. The Labute approximate surface area is 226 Å². The number of imidazole rings is 1. The zero-order chi connectivity index (χ0) is 28.6. The van der Waals surface area contributed by atoms with Crippen LogP contribution in [0.5, 0.6) is 0 Å². The van der Waals surface area contributed by atoms with Gasteiger partial charge >= 0.3 is 12.2 Å². The van der Waals surface area contributed by atoms with E-state index in [1.54, 1.807) is 17.9 Å². The van der Waals surface area contributed by atoms with Crippen LogP contribution >= 0.6 is 0 Å². The van der Waals surface area contributed by atoms with Gasteiger partial charge in [0.05, 0.1) is 18.2 Å². The Bertz CT molecular complexity index is 1440. The first-order chi connectivity index (χ1) is 19.0. The second kappa shape index (κ2) is 11.0. The molecule has 0 spiro atoms. The Balaban J connectivity index is 1.34. The van der Waals surface area contributed by atoms with Gasteiger partial charge in [-0.3, -0.25) is 4.79 Å². The zero-order valence-electron chi connectivity index (χ0n) is 21.8. The molecule has 2 N–H and O–H groups in total. The minimum absolute atomic E-state index is 0.0290. The normalized spacial score (nSPS) is 20.2. The Morgan fingerprint density at radius 1 is 1.10 bits per heavy atom. The molecule has 2 aliphatic heterocycles. The highest BCUT2D eigenvalue weighted by atomic mass is 19.4. The van der Waals surface area contributed by atoms with Crippen LogP contribution < -0.4 is 10.9 Å². The number of piperidine rings is 1. The van der Waals surface area contributed by atoms with Gasteiger partial charge in [0, 0.05) is 43.0 Å². The van der Waals surface area contributed by atoms with Crippen LogP contribution in [0.3, 0.4) is 0 Å². The third-order valence-corrected chi connectivity index (χ3v) is 7.77. The first-order valence-corrected chi connectivity index (χ1v) is 13.2. The average Bonchev–Trinajstić information content (AvgIpc) is 3.19. The van der Waals surface area contributed by atoms with Crippen LogP contribution in [0.2, 0.25) is 0 Å². The first-order valence-electron chi connectivity index (χ1n) is 13.2. The predicted molar refractivity (Wildman–Crippen MR) is 135 cm³/mol. The van der Waals surface area contributed by atoms with Gasteiger partial charge < -0.3 is 14.8 Å². The van der Waals surface area contributed by atoms with Crippen molar-refractivity contribution in [1.82, 2.24) is 30.0 Å². The number of hydrogen-bond acceptors (Lipinski definition) is 4. The van der Waals surface area contributed by atoms with Crippen molar-refractivity contribution < 1.29 is 26.7 Å². The summed E-state index contributed by atoms with van der Waals surface area (Å²) in [4.78, 5) is 31.3. The molecule has 2 aromatic heterocycles. The first kappa shape index (κ1) is 27.8. The van der Waals surface area contributed by atoms with Crippen molar-refractivity contribution in [2.24, 2.45) is 0 Å². The molecule has 13 heteroatoms. The van der Waals surface area contributed by atoms with Gasteiger partial charge in [-0.1, -0.05) is 12.1 Å². The number of fused-ring (bicyclic) bond motifs is 1. The second-order valence-electron chi connectivity index (χ2n) is 10.5. The zero-order valence-corrected chi connectivity index (χ0v) is 21.8. The van der Waals surface area contributed by atoms with Gasteiger partial charge in [-0.2, -0.15) is 18.3 Å². The van der Waals surface area contributed by atoms with E-state index in [-0.39, 0.29) is 41.5 Å². The lowest BCUT2D eigenvalue weighted by Crippen LogP contribution is -2.46. The molecule has 4 heterocycles. The molecule has 0 bridgehead atoms. The maximum absolute atomic E-state index is 14.7. The fraction of sp³-hybridized carbons (Fsp3) is 0.481. The Hall–Kier alpha value is -3.77. The molecule has 2 amide bonds. The molecule has 1 fully saturated rings. The highest BCUT2D eigenvalue weighted by Crippen LogP contribution is 2.36. The summed E-state index contributed by atoms with van der Waals surface area (Å²) in [5.74, 6) is -2.45. The number of alkyl halides is 3. The van der Waals surface area contributed by atoms with E-state index in [0.717, 1.165) is 12.3 Å². The number of carbonyl (C=O) groups excluding carboxylic acids is 1. The van der Waals surface area contributed by atoms with Crippen molar-refractivity contribution in [3.8, 4) is 0 Å². The summed E-state index contributed by atoms with van der Waals surface area (Å²) in [5.41, 5.74) is 1.04. The number of aryl methyl sites for hydroxylation is 1. The van der Waals surface area contributed by atoms with Gasteiger partial charge in [-0.05, 0) is 56.2 Å². The summed E-state index contributed by atoms with van der Waals surface area (Å²) in [6.45, 7) is 2.52. The van der Waals surface area contributed by atoms with Crippen molar-refractivity contribution >= 4 is 6.03 Å². The topological polar surface area (TPSA) is 95.9 Å². The standard InChI is InChI=1S/C27H29F5N6O2/c1-15-11-20(25(39)36-35-15)16-7-9-37(10-8-16)26(40)34-22-6-5-17(19-3-2-4-21(28)23(19)29)14-38-18(12-27(30,31)32)13-33-24(22)38/h2-4,11,13,16-17,22H,5-10,12,14H2,1H3,(H,34,40)(H,36,39)/t17-,22-/m1/s1. The summed E-state index contributed by atoms with van der Waals surface area (Å²) in [7, 11) is 0. The molecular formula is C27H29F5N6O2. The molecule has 0 radical (unpaired) electrons. The van der Waals surface area contributed by atoms with E-state index in [2.05, 4.69) is 20.5 Å².